The molecule has 1 N–H and O–H groups in total. The maximum atomic E-state index is 11.3. The highest BCUT2D eigenvalue weighted by atomic mass is 32.2. The van der Waals surface area contributed by atoms with Gasteiger partial charge in [-0.2, -0.15) is 0 Å². The van der Waals surface area contributed by atoms with Crippen LogP contribution in [0.15, 0.2) is 23.1 Å². The standard InChI is InChI=1S/C10H14O3S/c1-7(2)8-4-5-9(11)10(6-8)14(3,12)13/h4-7,11H,1-3H3. The fourth-order valence-corrected chi connectivity index (χ4v) is 1.98. The number of hydrogen-bond donors (Lipinski definition) is 1. The normalized spacial score (nSPS) is 12.0. The third kappa shape index (κ3) is 2.26. The molecule has 0 unspecified atom stereocenters. The van der Waals surface area contributed by atoms with Gasteiger partial charge in [0.05, 0.1) is 0 Å². The first-order valence-corrected chi connectivity index (χ1v) is 6.24. The van der Waals surface area contributed by atoms with Gasteiger partial charge in [-0.15, -0.1) is 0 Å². The lowest BCUT2D eigenvalue weighted by Gasteiger charge is -2.08. The molecule has 3 nitrogen and oxygen atoms in total. The number of hydrogen-bond acceptors (Lipinski definition) is 3. The van der Waals surface area contributed by atoms with Crippen molar-refractivity contribution < 1.29 is 13.5 Å². The maximum absolute atomic E-state index is 11.3. The van der Waals surface area contributed by atoms with E-state index < -0.39 is 9.84 Å². The van der Waals surface area contributed by atoms with Crippen LogP contribution in [0.4, 0.5) is 0 Å². The predicted octanol–water partition coefficient (Wildman–Crippen LogP) is 1.92. The number of phenolic OH excluding ortho intramolecular Hbond substituents is 1. The van der Waals surface area contributed by atoms with E-state index in [1.54, 1.807) is 6.07 Å². The Morgan fingerprint density at radius 2 is 1.86 bits per heavy atom. The van der Waals surface area contributed by atoms with Crippen LogP contribution < -0.4 is 0 Å². The molecule has 4 heteroatoms. The second-order valence-corrected chi connectivity index (χ2v) is 5.64. The maximum Gasteiger partial charge on any atom is 0.179 e. The molecule has 0 atom stereocenters. The van der Waals surface area contributed by atoms with Crippen molar-refractivity contribution in [2.45, 2.75) is 24.7 Å². The molecule has 0 amide bonds. The summed E-state index contributed by atoms with van der Waals surface area (Å²) in [4.78, 5) is 0.00343. The molecule has 1 aromatic rings. The Balaban J connectivity index is 3.37. The summed E-state index contributed by atoms with van der Waals surface area (Å²) >= 11 is 0. The second-order valence-electron chi connectivity index (χ2n) is 3.65. The van der Waals surface area contributed by atoms with E-state index in [2.05, 4.69) is 0 Å². The van der Waals surface area contributed by atoms with Crippen molar-refractivity contribution in [2.75, 3.05) is 6.26 Å². The van der Waals surface area contributed by atoms with Crippen molar-refractivity contribution in [3.05, 3.63) is 23.8 Å². The molecule has 1 rings (SSSR count). The first kappa shape index (κ1) is 11.0. The second kappa shape index (κ2) is 3.61. The van der Waals surface area contributed by atoms with Crippen LogP contribution in [0.3, 0.4) is 0 Å². The van der Waals surface area contributed by atoms with Crippen molar-refractivity contribution >= 4 is 9.84 Å². The summed E-state index contributed by atoms with van der Waals surface area (Å²) in [7, 11) is -3.34. The molecule has 0 radical (unpaired) electrons. The molecule has 78 valence electrons. The number of phenols is 1. The molecule has 0 saturated carbocycles. The molecule has 0 aliphatic heterocycles. The van der Waals surface area contributed by atoms with Gasteiger partial charge in [0.15, 0.2) is 9.84 Å². The van der Waals surface area contributed by atoms with Crippen LogP contribution in [-0.2, 0) is 9.84 Å². The minimum absolute atomic E-state index is 0.00343. The summed E-state index contributed by atoms with van der Waals surface area (Å²) in [5, 5.41) is 9.37. The zero-order chi connectivity index (χ0) is 10.9. The average Bonchev–Trinajstić information content (AvgIpc) is 2.02. The lowest BCUT2D eigenvalue weighted by Crippen LogP contribution is -1.99. The molecule has 0 bridgehead atoms. The molecule has 0 fully saturated rings. The van der Waals surface area contributed by atoms with Gasteiger partial charge in [-0.25, -0.2) is 8.42 Å². The molecule has 0 spiro atoms. The van der Waals surface area contributed by atoms with Crippen molar-refractivity contribution in [2.24, 2.45) is 0 Å². The molecular formula is C10H14O3S. The van der Waals surface area contributed by atoms with Gasteiger partial charge >= 0.3 is 0 Å². The van der Waals surface area contributed by atoms with Crippen LogP contribution in [0.2, 0.25) is 0 Å². The zero-order valence-electron chi connectivity index (χ0n) is 8.48. The third-order valence-electron chi connectivity index (χ3n) is 2.05. The minimum Gasteiger partial charge on any atom is -0.507 e. The van der Waals surface area contributed by atoms with Crippen molar-refractivity contribution in [3.8, 4) is 5.75 Å². The van der Waals surface area contributed by atoms with Crippen LogP contribution >= 0.6 is 0 Å². The Hall–Kier alpha value is -1.03. The van der Waals surface area contributed by atoms with Crippen molar-refractivity contribution in [1.29, 1.82) is 0 Å². The first-order valence-electron chi connectivity index (χ1n) is 4.35. The summed E-state index contributed by atoms with van der Waals surface area (Å²) in [5.41, 5.74) is 0.906. The quantitative estimate of drug-likeness (QED) is 0.818. The van der Waals surface area contributed by atoms with Gasteiger partial charge < -0.3 is 5.11 Å². The highest BCUT2D eigenvalue weighted by molar-refractivity contribution is 7.90. The van der Waals surface area contributed by atoms with E-state index in [1.165, 1.54) is 12.1 Å². The molecule has 0 heterocycles. The van der Waals surface area contributed by atoms with Gasteiger partial charge in [0.1, 0.15) is 10.6 Å². The largest absolute Gasteiger partial charge is 0.507 e. The van der Waals surface area contributed by atoms with E-state index in [0.29, 0.717) is 0 Å². The van der Waals surface area contributed by atoms with E-state index in [4.69, 9.17) is 0 Å². The lowest BCUT2D eigenvalue weighted by molar-refractivity contribution is 0.458. The Morgan fingerprint density at radius 3 is 2.29 bits per heavy atom. The van der Waals surface area contributed by atoms with E-state index in [0.717, 1.165) is 11.8 Å². The molecule has 0 aliphatic carbocycles. The van der Waals surface area contributed by atoms with Gasteiger partial charge in [0.2, 0.25) is 0 Å². The van der Waals surface area contributed by atoms with Gasteiger partial charge in [0.25, 0.3) is 0 Å². The molecule has 0 aliphatic rings. The molecule has 14 heavy (non-hydrogen) atoms. The van der Waals surface area contributed by atoms with E-state index in [9.17, 15) is 13.5 Å². The van der Waals surface area contributed by atoms with Crippen molar-refractivity contribution in [1.82, 2.24) is 0 Å². The SMILES string of the molecule is CC(C)c1ccc(O)c(S(C)(=O)=O)c1. The van der Waals surface area contributed by atoms with Gasteiger partial charge in [-0.3, -0.25) is 0 Å². The zero-order valence-corrected chi connectivity index (χ0v) is 9.30. The summed E-state index contributed by atoms with van der Waals surface area (Å²) in [6.07, 6.45) is 1.09. The summed E-state index contributed by atoms with van der Waals surface area (Å²) in [5.74, 6) is 0.0630. The lowest BCUT2D eigenvalue weighted by atomic mass is 10.0. The first-order chi connectivity index (χ1) is 6.32. The van der Waals surface area contributed by atoms with E-state index in [1.807, 2.05) is 13.8 Å². The number of benzene rings is 1. The summed E-state index contributed by atoms with van der Waals surface area (Å²) in [6, 6.07) is 4.68. The Bertz CT molecular complexity index is 433. The minimum atomic E-state index is -3.34. The van der Waals surface area contributed by atoms with Crippen LogP contribution in [0.1, 0.15) is 25.3 Å². The Morgan fingerprint density at radius 1 is 1.29 bits per heavy atom. The fourth-order valence-electron chi connectivity index (χ4n) is 1.19. The van der Waals surface area contributed by atoms with E-state index >= 15 is 0 Å². The molecule has 0 aromatic heterocycles. The van der Waals surface area contributed by atoms with E-state index in [-0.39, 0.29) is 16.6 Å². The third-order valence-corrected chi connectivity index (χ3v) is 3.18. The Labute approximate surface area is 84.3 Å². The number of rotatable bonds is 2. The highest BCUT2D eigenvalue weighted by Gasteiger charge is 2.14. The molecule has 1 aromatic carbocycles. The number of sulfone groups is 1. The number of aromatic hydroxyl groups is 1. The van der Waals surface area contributed by atoms with Crippen molar-refractivity contribution in [3.63, 3.8) is 0 Å². The molecular weight excluding hydrogens is 200 g/mol. The topological polar surface area (TPSA) is 54.4 Å². The summed E-state index contributed by atoms with van der Waals surface area (Å²) in [6.45, 7) is 3.94. The predicted molar refractivity (Wildman–Crippen MR) is 55.3 cm³/mol. The average molecular weight is 214 g/mol. The van der Waals surface area contributed by atoms with Gasteiger partial charge in [0, 0.05) is 6.26 Å². The monoisotopic (exact) mass is 214 g/mol. The highest BCUT2D eigenvalue weighted by Crippen LogP contribution is 2.26. The summed E-state index contributed by atoms with van der Waals surface area (Å²) < 4.78 is 22.5. The Kier molecular flexibility index (Phi) is 2.85. The van der Waals surface area contributed by atoms with Crippen LogP contribution in [-0.4, -0.2) is 19.8 Å². The smallest absolute Gasteiger partial charge is 0.179 e. The van der Waals surface area contributed by atoms with Gasteiger partial charge in [-0.1, -0.05) is 19.9 Å². The van der Waals surface area contributed by atoms with Crippen LogP contribution in [0, 0.1) is 0 Å². The molecule has 0 saturated heterocycles. The fraction of sp³-hybridized carbons (Fsp3) is 0.400. The van der Waals surface area contributed by atoms with Gasteiger partial charge in [-0.05, 0) is 23.6 Å². The van der Waals surface area contributed by atoms with Crippen LogP contribution in [0.5, 0.6) is 5.75 Å². The van der Waals surface area contributed by atoms with Crippen LogP contribution in [0.25, 0.3) is 0 Å².